The van der Waals surface area contributed by atoms with Gasteiger partial charge in [0.1, 0.15) is 5.75 Å². The van der Waals surface area contributed by atoms with Gasteiger partial charge in [0.2, 0.25) is 0 Å². The van der Waals surface area contributed by atoms with E-state index < -0.39 is 0 Å². The molecule has 4 nitrogen and oxygen atoms in total. The van der Waals surface area contributed by atoms with Crippen LogP contribution in [0.5, 0.6) is 11.5 Å². The first kappa shape index (κ1) is 14.5. The second kappa shape index (κ2) is 6.54. The van der Waals surface area contributed by atoms with Gasteiger partial charge in [-0.2, -0.15) is 5.26 Å². The van der Waals surface area contributed by atoms with E-state index >= 15 is 0 Å². The molecule has 0 saturated carbocycles. The molecule has 0 bridgehead atoms. The number of nitrogen functional groups attached to an aromatic ring is 1. The molecule has 0 fully saturated rings. The minimum atomic E-state index is 0.513. The molecular formula is C19H15N3O. The first-order valence-electron chi connectivity index (χ1n) is 7.15. The molecule has 0 spiro atoms. The SMILES string of the molecule is N#Cc1ccc(Nc2ccccc2Oc2ccccc2)c(N)c1. The Balaban J connectivity index is 1.88. The molecule has 0 aliphatic carbocycles. The molecule has 3 aromatic rings. The number of ether oxygens (including phenoxy) is 1. The Morgan fingerprint density at radius 3 is 2.35 bits per heavy atom. The number of nitrogens with one attached hydrogen (secondary N) is 1. The number of nitriles is 1. The highest BCUT2D eigenvalue weighted by atomic mass is 16.5. The summed E-state index contributed by atoms with van der Waals surface area (Å²) in [5.41, 5.74) is 8.56. The molecule has 4 heteroatoms. The Kier molecular flexibility index (Phi) is 4.12. The fourth-order valence-electron chi connectivity index (χ4n) is 2.17. The van der Waals surface area contributed by atoms with Crippen LogP contribution in [0.15, 0.2) is 72.8 Å². The third-order valence-electron chi connectivity index (χ3n) is 3.31. The Bertz CT molecular complexity index is 854. The third-order valence-corrected chi connectivity index (χ3v) is 3.31. The molecule has 0 unspecified atom stereocenters. The van der Waals surface area contributed by atoms with Gasteiger partial charge in [0, 0.05) is 0 Å². The van der Waals surface area contributed by atoms with Crippen LogP contribution >= 0.6 is 0 Å². The van der Waals surface area contributed by atoms with Gasteiger partial charge in [0.25, 0.3) is 0 Å². The van der Waals surface area contributed by atoms with Gasteiger partial charge in [-0.3, -0.25) is 0 Å². The van der Waals surface area contributed by atoms with E-state index in [1.54, 1.807) is 18.2 Å². The molecule has 0 aliphatic heterocycles. The molecule has 3 N–H and O–H groups in total. The summed E-state index contributed by atoms with van der Waals surface area (Å²) in [7, 11) is 0. The number of benzene rings is 3. The summed E-state index contributed by atoms with van der Waals surface area (Å²) in [6, 6.07) is 24.4. The standard InChI is InChI=1S/C19H15N3O/c20-13-14-10-11-17(16(21)12-14)22-18-8-4-5-9-19(18)23-15-6-2-1-3-7-15/h1-12,22H,21H2. The molecular weight excluding hydrogens is 286 g/mol. The summed E-state index contributed by atoms with van der Waals surface area (Å²) < 4.78 is 5.91. The summed E-state index contributed by atoms with van der Waals surface area (Å²) in [4.78, 5) is 0. The number of nitrogens with two attached hydrogens (primary N) is 1. The van der Waals surface area contributed by atoms with E-state index in [4.69, 9.17) is 15.7 Å². The Morgan fingerprint density at radius 1 is 0.870 bits per heavy atom. The van der Waals surface area contributed by atoms with Crippen molar-refractivity contribution < 1.29 is 4.74 Å². The maximum Gasteiger partial charge on any atom is 0.150 e. The highest BCUT2D eigenvalue weighted by molar-refractivity contribution is 5.76. The predicted octanol–water partition coefficient (Wildman–Crippen LogP) is 4.68. The van der Waals surface area contributed by atoms with Crippen LogP contribution in [0, 0.1) is 11.3 Å². The summed E-state index contributed by atoms with van der Waals surface area (Å²) in [6.45, 7) is 0. The smallest absolute Gasteiger partial charge is 0.150 e. The lowest BCUT2D eigenvalue weighted by molar-refractivity contribution is 0.485. The molecule has 0 amide bonds. The minimum Gasteiger partial charge on any atom is -0.455 e. The normalized spacial score (nSPS) is 9.87. The first-order valence-corrected chi connectivity index (χ1v) is 7.15. The molecule has 112 valence electrons. The fourth-order valence-corrected chi connectivity index (χ4v) is 2.17. The molecule has 3 aromatic carbocycles. The van der Waals surface area contributed by atoms with Gasteiger partial charge in [-0.15, -0.1) is 0 Å². The topological polar surface area (TPSA) is 71.1 Å². The van der Waals surface area contributed by atoms with Crippen LogP contribution in [0.4, 0.5) is 17.1 Å². The van der Waals surface area contributed by atoms with E-state index in [9.17, 15) is 0 Å². The largest absolute Gasteiger partial charge is 0.455 e. The fraction of sp³-hybridized carbons (Fsp3) is 0. The zero-order valence-electron chi connectivity index (χ0n) is 12.4. The van der Waals surface area contributed by atoms with Crippen LogP contribution in [-0.4, -0.2) is 0 Å². The van der Waals surface area contributed by atoms with Crippen molar-refractivity contribution >= 4 is 17.1 Å². The molecule has 0 heterocycles. The minimum absolute atomic E-state index is 0.513. The number of hydrogen-bond acceptors (Lipinski definition) is 4. The van der Waals surface area contributed by atoms with Crippen molar-refractivity contribution in [3.05, 3.63) is 78.4 Å². The molecule has 0 aliphatic rings. The van der Waals surface area contributed by atoms with Gasteiger partial charge < -0.3 is 15.8 Å². The van der Waals surface area contributed by atoms with Crippen LogP contribution in [0.3, 0.4) is 0 Å². The van der Waals surface area contributed by atoms with Gasteiger partial charge in [-0.1, -0.05) is 30.3 Å². The van der Waals surface area contributed by atoms with Crippen LogP contribution in [0.2, 0.25) is 0 Å². The lowest BCUT2D eigenvalue weighted by atomic mass is 10.2. The number of anilines is 3. The van der Waals surface area contributed by atoms with Gasteiger partial charge in [0.15, 0.2) is 5.75 Å². The second-order valence-electron chi connectivity index (χ2n) is 4.95. The first-order chi connectivity index (χ1) is 11.3. The molecule has 0 radical (unpaired) electrons. The number of nitrogens with zero attached hydrogens (tertiary/aromatic N) is 1. The zero-order valence-corrected chi connectivity index (χ0v) is 12.4. The van der Waals surface area contributed by atoms with Gasteiger partial charge in [-0.05, 0) is 42.5 Å². The van der Waals surface area contributed by atoms with E-state index in [0.717, 1.165) is 17.1 Å². The molecule has 23 heavy (non-hydrogen) atoms. The van der Waals surface area contributed by atoms with Gasteiger partial charge in [0.05, 0.1) is 28.7 Å². The Hall–Kier alpha value is -3.45. The van der Waals surface area contributed by atoms with E-state index in [0.29, 0.717) is 17.0 Å². The zero-order chi connectivity index (χ0) is 16.1. The van der Waals surface area contributed by atoms with Crippen LogP contribution in [0.25, 0.3) is 0 Å². The highest BCUT2D eigenvalue weighted by Gasteiger charge is 2.07. The number of hydrogen-bond donors (Lipinski definition) is 2. The van der Waals surface area contributed by atoms with Crippen molar-refractivity contribution in [2.75, 3.05) is 11.1 Å². The highest BCUT2D eigenvalue weighted by Crippen LogP contribution is 2.33. The van der Waals surface area contributed by atoms with E-state index in [-0.39, 0.29) is 0 Å². The molecule has 0 aromatic heterocycles. The van der Waals surface area contributed by atoms with Crippen LogP contribution in [0.1, 0.15) is 5.56 Å². The van der Waals surface area contributed by atoms with Gasteiger partial charge >= 0.3 is 0 Å². The van der Waals surface area contributed by atoms with Crippen molar-refractivity contribution in [3.63, 3.8) is 0 Å². The Morgan fingerprint density at radius 2 is 1.61 bits per heavy atom. The lowest BCUT2D eigenvalue weighted by Gasteiger charge is -2.14. The maximum atomic E-state index is 8.90. The summed E-state index contributed by atoms with van der Waals surface area (Å²) >= 11 is 0. The van der Waals surface area contributed by atoms with Crippen molar-refractivity contribution in [1.29, 1.82) is 5.26 Å². The second-order valence-corrected chi connectivity index (χ2v) is 4.95. The summed E-state index contributed by atoms with van der Waals surface area (Å²) in [5.74, 6) is 1.46. The van der Waals surface area contributed by atoms with Crippen molar-refractivity contribution in [2.24, 2.45) is 0 Å². The van der Waals surface area contributed by atoms with E-state index in [1.165, 1.54) is 0 Å². The van der Waals surface area contributed by atoms with Crippen LogP contribution in [-0.2, 0) is 0 Å². The summed E-state index contributed by atoms with van der Waals surface area (Å²) in [5, 5.41) is 12.2. The molecule has 3 rings (SSSR count). The van der Waals surface area contributed by atoms with Crippen LogP contribution < -0.4 is 15.8 Å². The van der Waals surface area contributed by atoms with Crippen molar-refractivity contribution in [3.8, 4) is 17.6 Å². The average Bonchev–Trinajstić information content (AvgIpc) is 2.59. The van der Waals surface area contributed by atoms with Gasteiger partial charge in [-0.25, -0.2) is 0 Å². The monoisotopic (exact) mass is 301 g/mol. The predicted molar refractivity (Wildman–Crippen MR) is 91.8 cm³/mol. The number of rotatable bonds is 4. The number of para-hydroxylation sites is 3. The molecule has 0 saturated heterocycles. The maximum absolute atomic E-state index is 8.90. The third kappa shape index (κ3) is 3.42. The summed E-state index contributed by atoms with van der Waals surface area (Å²) in [6.07, 6.45) is 0. The van der Waals surface area contributed by atoms with E-state index in [2.05, 4.69) is 11.4 Å². The Labute approximate surface area is 134 Å². The molecule has 0 atom stereocenters. The van der Waals surface area contributed by atoms with Crippen molar-refractivity contribution in [2.45, 2.75) is 0 Å². The average molecular weight is 301 g/mol. The lowest BCUT2D eigenvalue weighted by Crippen LogP contribution is -1.98. The quantitative estimate of drug-likeness (QED) is 0.686. The van der Waals surface area contributed by atoms with Crippen molar-refractivity contribution in [1.82, 2.24) is 0 Å². The van der Waals surface area contributed by atoms with E-state index in [1.807, 2.05) is 54.6 Å².